The Balaban J connectivity index is 1.18. The molecule has 43 heavy (non-hydrogen) atoms. The Labute approximate surface area is 256 Å². The van der Waals surface area contributed by atoms with Crippen LogP contribution in [-0.4, -0.2) is 40.6 Å². The number of ether oxygens (including phenoxy) is 4. The first-order valence-corrected chi connectivity index (χ1v) is 17.1. The SMILES string of the molecule is COc1ccc(P(OC2CC3C[C@@H](OP(c4ccc(OC)cc4)c4ccc(OC)cc4)[C@H]3C2)c2ccc(OC)cc2)cc1. The van der Waals surface area contributed by atoms with Gasteiger partial charge in [0.05, 0.1) is 56.9 Å². The van der Waals surface area contributed by atoms with E-state index in [0.717, 1.165) is 42.3 Å². The van der Waals surface area contributed by atoms with Gasteiger partial charge in [0.25, 0.3) is 0 Å². The summed E-state index contributed by atoms with van der Waals surface area (Å²) in [6.45, 7) is 0. The third kappa shape index (κ3) is 6.69. The van der Waals surface area contributed by atoms with Crippen LogP contribution < -0.4 is 40.2 Å². The summed E-state index contributed by atoms with van der Waals surface area (Å²) in [6, 6.07) is 33.1. The van der Waals surface area contributed by atoms with Crippen molar-refractivity contribution in [2.75, 3.05) is 28.4 Å². The van der Waals surface area contributed by atoms with Crippen molar-refractivity contribution in [2.45, 2.75) is 31.5 Å². The Hall–Kier alpha value is -3.14. The van der Waals surface area contributed by atoms with Crippen molar-refractivity contribution in [1.29, 1.82) is 0 Å². The summed E-state index contributed by atoms with van der Waals surface area (Å²) < 4.78 is 35.6. The smallest absolute Gasteiger partial charge is 0.118 e. The maximum absolute atomic E-state index is 7.00. The summed E-state index contributed by atoms with van der Waals surface area (Å²) in [5.74, 6) is 4.50. The van der Waals surface area contributed by atoms with Gasteiger partial charge in [-0.05, 0) is 128 Å². The van der Waals surface area contributed by atoms with E-state index in [1.165, 1.54) is 21.2 Å². The Bertz CT molecular complexity index is 1270. The minimum absolute atomic E-state index is 0.187. The molecule has 224 valence electrons. The Morgan fingerprint density at radius 1 is 0.442 bits per heavy atom. The lowest BCUT2D eigenvalue weighted by Gasteiger charge is -2.41. The monoisotopic (exact) mass is 616 g/mol. The molecule has 2 aliphatic rings. The molecule has 0 N–H and O–H groups in total. The molecule has 2 aliphatic carbocycles. The normalized spacial score (nSPS) is 20.9. The van der Waals surface area contributed by atoms with E-state index in [1.54, 1.807) is 28.4 Å². The van der Waals surface area contributed by atoms with E-state index >= 15 is 0 Å². The van der Waals surface area contributed by atoms with E-state index in [-0.39, 0.29) is 12.2 Å². The summed E-state index contributed by atoms with van der Waals surface area (Å²) in [6.07, 6.45) is 3.54. The second kappa shape index (κ2) is 13.7. The lowest BCUT2D eigenvalue weighted by atomic mass is 9.74. The zero-order valence-corrected chi connectivity index (χ0v) is 26.8. The van der Waals surface area contributed by atoms with Crippen LogP contribution >= 0.6 is 16.3 Å². The minimum Gasteiger partial charge on any atom is -0.497 e. The predicted octanol–water partition coefficient (Wildman–Crippen LogP) is 6.32. The molecule has 0 aliphatic heterocycles. The molecule has 0 amide bonds. The van der Waals surface area contributed by atoms with Crippen LogP contribution in [0.15, 0.2) is 97.1 Å². The average molecular weight is 617 g/mol. The molecule has 2 unspecified atom stereocenters. The fourth-order valence-corrected chi connectivity index (χ4v) is 9.76. The van der Waals surface area contributed by atoms with Crippen LogP contribution in [0, 0.1) is 11.8 Å². The highest BCUT2D eigenvalue weighted by Crippen LogP contribution is 2.55. The zero-order chi connectivity index (χ0) is 29.8. The number of hydrogen-bond acceptors (Lipinski definition) is 6. The van der Waals surface area contributed by atoms with E-state index in [4.69, 9.17) is 28.0 Å². The van der Waals surface area contributed by atoms with Crippen molar-refractivity contribution in [1.82, 2.24) is 0 Å². The molecule has 0 heterocycles. The van der Waals surface area contributed by atoms with Gasteiger partial charge in [-0.15, -0.1) is 0 Å². The van der Waals surface area contributed by atoms with E-state index < -0.39 is 16.3 Å². The Morgan fingerprint density at radius 2 is 0.791 bits per heavy atom. The van der Waals surface area contributed by atoms with Gasteiger partial charge in [-0.1, -0.05) is 0 Å². The van der Waals surface area contributed by atoms with E-state index in [2.05, 4.69) is 48.5 Å². The van der Waals surface area contributed by atoms with E-state index in [9.17, 15) is 0 Å². The molecule has 6 nitrogen and oxygen atoms in total. The summed E-state index contributed by atoms with van der Waals surface area (Å²) in [4.78, 5) is 0. The van der Waals surface area contributed by atoms with Crippen LogP contribution in [0.2, 0.25) is 0 Å². The number of rotatable bonds is 12. The highest BCUT2D eigenvalue weighted by Gasteiger charge is 2.50. The molecular formula is C35H38O6P2. The van der Waals surface area contributed by atoms with Crippen LogP contribution in [0.3, 0.4) is 0 Å². The number of hydrogen-bond donors (Lipinski definition) is 0. The van der Waals surface area contributed by atoms with Crippen LogP contribution in [-0.2, 0) is 9.05 Å². The molecule has 0 saturated heterocycles. The second-order valence-corrected chi connectivity index (χ2v) is 14.5. The topological polar surface area (TPSA) is 55.4 Å². The van der Waals surface area contributed by atoms with Crippen LogP contribution in [0.1, 0.15) is 19.3 Å². The van der Waals surface area contributed by atoms with Crippen LogP contribution in [0.4, 0.5) is 0 Å². The summed E-state index contributed by atoms with van der Waals surface area (Å²) in [5.41, 5.74) is 0. The van der Waals surface area contributed by atoms with Gasteiger partial charge < -0.3 is 28.0 Å². The maximum Gasteiger partial charge on any atom is 0.118 e. The first-order valence-electron chi connectivity index (χ1n) is 14.6. The number of benzene rings is 4. The van der Waals surface area contributed by atoms with Gasteiger partial charge in [0.2, 0.25) is 0 Å². The molecule has 2 fully saturated rings. The molecule has 0 radical (unpaired) electrons. The molecule has 4 aromatic carbocycles. The summed E-state index contributed by atoms with van der Waals surface area (Å²) in [7, 11) is 4.80. The molecule has 4 aromatic rings. The minimum atomic E-state index is -0.992. The zero-order valence-electron chi connectivity index (χ0n) is 25.0. The first-order chi connectivity index (χ1) is 21.1. The van der Waals surface area contributed by atoms with Gasteiger partial charge >= 0.3 is 0 Å². The van der Waals surface area contributed by atoms with Crippen molar-refractivity contribution in [2.24, 2.45) is 11.8 Å². The third-order valence-corrected chi connectivity index (χ3v) is 12.5. The van der Waals surface area contributed by atoms with E-state index in [1.807, 2.05) is 48.5 Å². The van der Waals surface area contributed by atoms with Crippen molar-refractivity contribution in [3.8, 4) is 23.0 Å². The molecular weight excluding hydrogens is 578 g/mol. The molecule has 0 bridgehead atoms. The number of methoxy groups -OCH3 is 4. The molecule has 6 rings (SSSR count). The van der Waals surface area contributed by atoms with Crippen molar-refractivity contribution in [3.63, 3.8) is 0 Å². The van der Waals surface area contributed by atoms with Crippen LogP contribution in [0.25, 0.3) is 0 Å². The van der Waals surface area contributed by atoms with Gasteiger partial charge in [-0.3, -0.25) is 0 Å². The highest BCUT2D eigenvalue weighted by molar-refractivity contribution is 7.68. The van der Waals surface area contributed by atoms with Gasteiger partial charge in [-0.2, -0.15) is 0 Å². The Morgan fingerprint density at radius 3 is 1.14 bits per heavy atom. The second-order valence-electron chi connectivity index (χ2n) is 10.9. The highest BCUT2D eigenvalue weighted by atomic mass is 31.1. The van der Waals surface area contributed by atoms with Gasteiger partial charge in [0.1, 0.15) is 23.0 Å². The molecule has 0 spiro atoms. The molecule has 8 heteroatoms. The Kier molecular flexibility index (Phi) is 9.50. The van der Waals surface area contributed by atoms with Gasteiger partial charge in [-0.25, -0.2) is 0 Å². The van der Waals surface area contributed by atoms with Crippen molar-refractivity contribution < 1.29 is 28.0 Å². The average Bonchev–Trinajstić information content (AvgIpc) is 3.39. The number of fused-ring (bicyclic) bond motifs is 1. The summed E-state index contributed by atoms with van der Waals surface area (Å²) >= 11 is 0. The van der Waals surface area contributed by atoms with Crippen LogP contribution in [0.5, 0.6) is 23.0 Å². The quantitative estimate of drug-likeness (QED) is 0.174. The first kappa shape index (κ1) is 29.9. The molecule has 2 saturated carbocycles. The van der Waals surface area contributed by atoms with E-state index in [0.29, 0.717) is 11.8 Å². The fourth-order valence-electron chi connectivity index (χ4n) is 6.01. The van der Waals surface area contributed by atoms with Crippen molar-refractivity contribution in [3.05, 3.63) is 97.1 Å². The lowest BCUT2D eigenvalue weighted by molar-refractivity contribution is 0.0161. The fraction of sp³-hybridized carbons (Fsp3) is 0.314. The van der Waals surface area contributed by atoms with Gasteiger partial charge in [0.15, 0.2) is 0 Å². The standard InChI is InChI=1S/C35H38O6P2/c1-36-25-5-13-30(14-6-25)42(31-15-7-26(37-2)8-16-31)40-29-21-24-22-35(34(24)23-29)41-43(32-17-9-27(38-3)10-18-32)33-19-11-28(39-4)12-20-33/h5-20,24,29,34-35H,21-23H2,1-4H3/t24?,29?,34-,35+/m0/s1. The predicted molar refractivity (Wildman–Crippen MR) is 175 cm³/mol. The maximum atomic E-state index is 7.00. The molecule has 0 aromatic heterocycles. The largest absolute Gasteiger partial charge is 0.497 e. The van der Waals surface area contributed by atoms with Gasteiger partial charge in [0, 0.05) is 21.2 Å². The summed E-state index contributed by atoms with van der Waals surface area (Å²) in [5, 5.41) is 4.71. The third-order valence-electron chi connectivity index (χ3n) is 8.44. The lowest BCUT2D eigenvalue weighted by Crippen LogP contribution is -2.40. The van der Waals surface area contributed by atoms with Crippen molar-refractivity contribution >= 4 is 37.5 Å². The molecule has 4 atom stereocenters.